The second-order valence-electron chi connectivity index (χ2n) is 5.92. The van der Waals surface area contributed by atoms with E-state index in [0.29, 0.717) is 0 Å². The molecule has 1 heterocycles. The number of hydrogen-bond acceptors (Lipinski definition) is 7. The molecule has 0 radical (unpaired) electrons. The van der Waals surface area contributed by atoms with Crippen LogP contribution in [0.1, 0.15) is 34.1 Å². The van der Waals surface area contributed by atoms with Gasteiger partial charge in [0.1, 0.15) is 6.10 Å². The van der Waals surface area contributed by atoms with Crippen LogP contribution in [0.5, 0.6) is 0 Å². The number of esters is 3. The zero-order chi connectivity index (χ0) is 17.7. The average Bonchev–Trinajstić information content (AvgIpc) is 2.48. The van der Waals surface area contributed by atoms with Crippen LogP contribution in [0.25, 0.3) is 0 Å². The lowest BCUT2D eigenvalue weighted by Crippen LogP contribution is -2.52. The van der Waals surface area contributed by atoms with Crippen molar-refractivity contribution >= 4 is 33.8 Å². The highest BCUT2D eigenvalue weighted by atomic mass is 79.9. The minimum Gasteiger partial charge on any atom is -0.467 e. The highest BCUT2D eigenvalue weighted by Crippen LogP contribution is 2.30. The Bertz CT molecular complexity index is 449. The van der Waals surface area contributed by atoms with Gasteiger partial charge < -0.3 is 18.9 Å². The Morgan fingerprint density at radius 1 is 1.04 bits per heavy atom. The fraction of sp³-hybridized carbons (Fsp3) is 0.800. The van der Waals surface area contributed by atoms with Crippen LogP contribution in [0.4, 0.5) is 0 Å². The smallest absolute Gasteiger partial charge is 0.335 e. The molecule has 0 aliphatic carbocycles. The maximum Gasteiger partial charge on any atom is 0.335 e. The van der Waals surface area contributed by atoms with Gasteiger partial charge in [-0.3, -0.25) is 9.59 Å². The van der Waals surface area contributed by atoms with Crippen molar-refractivity contribution in [3.63, 3.8) is 0 Å². The van der Waals surface area contributed by atoms with Gasteiger partial charge >= 0.3 is 17.9 Å². The Morgan fingerprint density at radius 3 is 2.04 bits per heavy atom. The molecule has 1 aliphatic rings. The molecule has 0 aromatic carbocycles. The van der Waals surface area contributed by atoms with E-state index in [1.165, 1.54) is 7.11 Å². The van der Waals surface area contributed by atoms with E-state index in [4.69, 9.17) is 14.2 Å². The van der Waals surface area contributed by atoms with Gasteiger partial charge in [0.2, 0.25) is 0 Å². The molecule has 0 spiro atoms. The third-order valence-electron chi connectivity index (χ3n) is 3.29. The summed E-state index contributed by atoms with van der Waals surface area (Å²) >= 11 is 3.24. The lowest BCUT2D eigenvalue weighted by molar-refractivity contribution is -0.203. The van der Waals surface area contributed by atoms with Crippen molar-refractivity contribution in [3.05, 3.63) is 0 Å². The van der Waals surface area contributed by atoms with Gasteiger partial charge in [-0.05, 0) is 0 Å². The van der Waals surface area contributed by atoms with E-state index in [2.05, 4.69) is 20.7 Å². The van der Waals surface area contributed by atoms with Crippen molar-refractivity contribution in [1.29, 1.82) is 0 Å². The molecule has 1 fully saturated rings. The van der Waals surface area contributed by atoms with Crippen molar-refractivity contribution in [3.8, 4) is 0 Å². The summed E-state index contributed by atoms with van der Waals surface area (Å²) in [6, 6.07) is 0. The van der Waals surface area contributed by atoms with Gasteiger partial charge in [-0.2, -0.15) is 0 Å². The SMILES string of the molecule is COC(=O)[C@@H]1C[C@H](OC(=O)C(C)C)[C@@H](OC(=O)C(C)C)[C@@H](Br)O1. The number of alkyl halides is 1. The van der Waals surface area contributed by atoms with Crippen molar-refractivity contribution in [1.82, 2.24) is 0 Å². The lowest BCUT2D eigenvalue weighted by Gasteiger charge is -2.37. The first kappa shape index (κ1) is 19.9. The monoisotopic (exact) mass is 394 g/mol. The molecule has 0 amide bonds. The number of ether oxygens (including phenoxy) is 4. The predicted octanol–water partition coefficient (Wildman–Crippen LogP) is 1.80. The third-order valence-corrected chi connectivity index (χ3v) is 4.03. The molecule has 0 aromatic rings. The second kappa shape index (κ2) is 8.63. The molecule has 1 aliphatic heterocycles. The van der Waals surface area contributed by atoms with Crippen LogP contribution < -0.4 is 0 Å². The van der Waals surface area contributed by atoms with Crippen molar-refractivity contribution in [2.75, 3.05) is 7.11 Å². The zero-order valence-electron chi connectivity index (χ0n) is 13.9. The summed E-state index contributed by atoms with van der Waals surface area (Å²) in [6.45, 7) is 6.78. The summed E-state index contributed by atoms with van der Waals surface area (Å²) in [7, 11) is 1.24. The summed E-state index contributed by atoms with van der Waals surface area (Å²) < 4.78 is 20.9. The average molecular weight is 395 g/mol. The molecule has 1 saturated heterocycles. The van der Waals surface area contributed by atoms with Crippen LogP contribution in [0, 0.1) is 11.8 Å². The summed E-state index contributed by atoms with van der Waals surface area (Å²) in [4.78, 5) is 35.5. The number of rotatable bonds is 5. The van der Waals surface area contributed by atoms with Gasteiger partial charge in [0.05, 0.1) is 18.9 Å². The van der Waals surface area contributed by atoms with Crippen molar-refractivity contribution in [2.45, 2.75) is 57.4 Å². The number of methoxy groups -OCH3 is 1. The minimum atomic E-state index is -0.900. The van der Waals surface area contributed by atoms with Gasteiger partial charge in [0.15, 0.2) is 17.2 Å². The largest absolute Gasteiger partial charge is 0.467 e. The molecule has 0 bridgehead atoms. The molecule has 8 heteroatoms. The molecule has 7 nitrogen and oxygen atoms in total. The molecular weight excluding hydrogens is 372 g/mol. The van der Waals surface area contributed by atoms with E-state index >= 15 is 0 Å². The fourth-order valence-corrected chi connectivity index (χ4v) is 2.60. The van der Waals surface area contributed by atoms with Gasteiger partial charge in [-0.15, -0.1) is 0 Å². The molecule has 0 saturated carbocycles. The van der Waals surface area contributed by atoms with Gasteiger partial charge in [0, 0.05) is 6.42 Å². The molecule has 1 rings (SSSR count). The second-order valence-corrected chi connectivity index (χ2v) is 6.82. The Morgan fingerprint density at radius 2 is 1.57 bits per heavy atom. The normalized spacial score (nSPS) is 27.7. The van der Waals surface area contributed by atoms with E-state index in [-0.39, 0.29) is 18.3 Å². The lowest BCUT2D eigenvalue weighted by atomic mass is 10.0. The number of hydrogen-bond donors (Lipinski definition) is 0. The van der Waals surface area contributed by atoms with E-state index in [9.17, 15) is 14.4 Å². The standard InChI is InChI=1S/C15H23BrO7/c1-7(2)13(17)22-9-6-10(15(19)20-5)21-12(16)11(9)23-14(18)8(3)4/h7-12H,6H2,1-5H3/t9-,10-,11+,12-/m0/s1. The van der Waals surface area contributed by atoms with Gasteiger partial charge in [0.25, 0.3) is 0 Å². The van der Waals surface area contributed by atoms with Crippen LogP contribution >= 0.6 is 15.9 Å². The summed E-state index contributed by atoms with van der Waals surface area (Å²) in [5.74, 6) is -2.14. The first-order valence-electron chi connectivity index (χ1n) is 7.45. The quantitative estimate of drug-likeness (QED) is 0.399. The molecule has 23 heavy (non-hydrogen) atoms. The molecule has 132 valence electrons. The van der Waals surface area contributed by atoms with Crippen LogP contribution in [0.15, 0.2) is 0 Å². The van der Waals surface area contributed by atoms with Crippen LogP contribution in [-0.2, 0) is 33.3 Å². The number of halogens is 1. The van der Waals surface area contributed by atoms with Gasteiger partial charge in [-0.25, -0.2) is 4.79 Å². The maximum absolute atomic E-state index is 11.9. The molecular formula is C15H23BrO7. The van der Waals surface area contributed by atoms with Gasteiger partial charge in [-0.1, -0.05) is 43.6 Å². The molecule has 0 N–H and O–H groups in total. The Labute approximate surface area is 144 Å². The molecule has 0 unspecified atom stereocenters. The van der Waals surface area contributed by atoms with Crippen LogP contribution in [0.3, 0.4) is 0 Å². The topological polar surface area (TPSA) is 88.1 Å². The number of carbonyl (C=O) groups is 3. The summed E-state index contributed by atoms with van der Waals surface area (Å²) in [6.07, 6.45) is -2.48. The van der Waals surface area contributed by atoms with E-state index < -0.39 is 41.2 Å². The van der Waals surface area contributed by atoms with Crippen LogP contribution in [-0.4, -0.2) is 48.3 Å². The highest BCUT2D eigenvalue weighted by Gasteiger charge is 2.45. The summed E-state index contributed by atoms with van der Waals surface area (Å²) in [5, 5.41) is -0.784. The third kappa shape index (κ3) is 5.46. The summed E-state index contributed by atoms with van der Waals surface area (Å²) in [5.41, 5.74) is 0. The molecule has 4 atom stereocenters. The minimum absolute atomic E-state index is 0.0588. The first-order valence-corrected chi connectivity index (χ1v) is 8.37. The van der Waals surface area contributed by atoms with E-state index in [1.807, 2.05) is 0 Å². The Kier molecular flexibility index (Phi) is 7.47. The van der Waals surface area contributed by atoms with E-state index in [0.717, 1.165) is 0 Å². The first-order chi connectivity index (χ1) is 10.7. The Hall–Kier alpha value is -1.15. The molecule has 0 aromatic heterocycles. The van der Waals surface area contributed by atoms with E-state index in [1.54, 1.807) is 27.7 Å². The predicted molar refractivity (Wildman–Crippen MR) is 83.7 cm³/mol. The van der Waals surface area contributed by atoms with Crippen molar-refractivity contribution in [2.24, 2.45) is 11.8 Å². The Balaban J connectivity index is 2.92. The highest BCUT2D eigenvalue weighted by molar-refractivity contribution is 9.09. The van der Waals surface area contributed by atoms with Crippen molar-refractivity contribution < 1.29 is 33.3 Å². The zero-order valence-corrected chi connectivity index (χ0v) is 15.5. The van der Waals surface area contributed by atoms with Crippen LogP contribution in [0.2, 0.25) is 0 Å². The number of carbonyl (C=O) groups excluding carboxylic acids is 3. The fourth-order valence-electron chi connectivity index (χ4n) is 1.89. The maximum atomic E-state index is 11.9.